The van der Waals surface area contributed by atoms with Gasteiger partial charge in [-0.05, 0) is 105 Å². The smallest absolute Gasteiger partial charge is 0.326 e. The number of halogens is 2. The number of rotatable bonds is 5. The average molecular weight is 684 g/mol. The van der Waals surface area contributed by atoms with Gasteiger partial charge in [0, 0.05) is 53.1 Å². The molecule has 50 heavy (non-hydrogen) atoms. The number of likely N-dealkylation sites (tertiary alicyclic amines) is 1. The second-order valence-electron chi connectivity index (χ2n) is 17.1. The summed E-state index contributed by atoms with van der Waals surface area (Å²) in [6.07, 6.45) is 12.9. The van der Waals surface area contributed by atoms with E-state index in [1.807, 2.05) is 28.8 Å². The van der Waals surface area contributed by atoms with Crippen molar-refractivity contribution in [2.45, 2.75) is 89.4 Å². The number of nitrogens with one attached hydrogen (secondary N) is 1. The van der Waals surface area contributed by atoms with Crippen LogP contribution in [0.1, 0.15) is 88.0 Å². The summed E-state index contributed by atoms with van der Waals surface area (Å²) in [6.45, 7) is 6.64. The Kier molecular flexibility index (Phi) is 7.03. The molecule has 8 atom stereocenters. The standard InChI is InChI=1S/C41H47F2N3O4/c1-37-14-9-27(47)22-39(37)17-18-41(28(23-39)35(48)25-7-8-29(42)30(43)21-25)33(37)10-15-38(2)34(41)11-16-40(38,50)24-45-19-12-26(13-20-45)46-32-6-4-3-5-31(32)44-36(46)49/h3-8,17-18,21,23,26-27,33-34,47,50H,9-16,19-20,22,24H2,1-2H3,(H,44,49)/t27?,33-,34-,37-,38+,39+,40-,41-/m1/s1. The van der Waals surface area contributed by atoms with Crippen molar-refractivity contribution in [3.05, 3.63) is 93.9 Å². The maximum absolute atomic E-state index is 14.6. The highest BCUT2D eigenvalue weighted by Crippen LogP contribution is 2.78. The monoisotopic (exact) mass is 683 g/mol. The molecule has 2 spiro atoms. The minimum atomic E-state index is -1.04. The largest absolute Gasteiger partial charge is 0.393 e. The summed E-state index contributed by atoms with van der Waals surface area (Å²) in [6, 6.07) is 11.3. The predicted octanol–water partition coefficient (Wildman–Crippen LogP) is 6.72. The number of carbonyl (C=O) groups excluding carboxylic acids is 1. The zero-order valence-corrected chi connectivity index (χ0v) is 28.9. The van der Waals surface area contributed by atoms with Crippen LogP contribution in [0.5, 0.6) is 0 Å². The fourth-order valence-electron chi connectivity index (χ4n) is 12.5. The minimum Gasteiger partial charge on any atom is -0.393 e. The summed E-state index contributed by atoms with van der Waals surface area (Å²) in [5.74, 6) is -2.22. The molecule has 4 fully saturated rings. The van der Waals surface area contributed by atoms with Gasteiger partial charge in [-0.2, -0.15) is 0 Å². The van der Waals surface area contributed by atoms with Crippen molar-refractivity contribution in [3.8, 4) is 0 Å². The summed E-state index contributed by atoms with van der Waals surface area (Å²) < 4.78 is 30.5. The van der Waals surface area contributed by atoms with Crippen LogP contribution >= 0.6 is 0 Å². The van der Waals surface area contributed by atoms with Crippen molar-refractivity contribution < 1.29 is 23.8 Å². The topological polar surface area (TPSA) is 98.6 Å². The molecule has 1 aromatic heterocycles. The third kappa shape index (κ3) is 4.17. The number of piperidine rings is 1. The van der Waals surface area contributed by atoms with Crippen LogP contribution in [0.15, 0.2) is 71.1 Å². The van der Waals surface area contributed by atoms with Crippen molar-refractivity contribution in [2.75, 3.05) is 19.6 Å². The Balaban J connectivity index is 1.04. The van der Waals surface area contributed by atoms with Crippen LogP contribution in [-0.2, 0) is 0 Å². The molecule has 264 valence electrons. The van der Waals surface area contributed by atoms with E-state index in [0.29, 0.717) is 31.4 Å². The Bertz CT molecular complexity index is 2030. The van der Waals surface area contributed by atoms with Crippen molar-refractivity contribution >= 4 is 16.8 Å². The van der Waals surface area contributed by atoms with Gasteiger partial charge in [0.25, 0.3) is 0 Å². The quantitative estimate of drug-likeness (QED) is 0.205. The Labute approximate surface area is 291 Å². The highest BCUT2D eigenvalue weighted by molar-refractivity contribution is 6.10. The molecule has 7 nitrogen and oxygen atoms in total. The molecule has 3 N–H and O–H groups in total. The van der Waals surface area contributed by atoms with E-state index < -0.39 is 39.6 Å². The second-order valence-corrected chi connectivity index (χ2v) is 17.1. The van der Waals surface area contributed by atoms with Crippen molar-refractivity contribution in [2.24, 2.45) is 33.5 Å². The molecule has 0 amide bonds. The number of aromatic amines is 1. The first kappa shape index (κ1) is 32.5. The number of hydrogen-bond donors (Lipinski definition) is 3. The summed E-state index contributed by atoms with van der Waals surface area (Å²) in [4.78, 5) is 32.9. The molecule has 1 saturated heterocycles. The van der Waals surface area contributed by atoms with Crippen LogP contribution < -0.4 is 5.69 Å². The Hall–Kier alpha value is -3.40. The first-order valence-corrected chi connectivity index (χ1v) is 18.6. The minimum absolute atomic E-state index is 0.0280. The van der Waals surface area contributed by atoms with E-state index in [1.54, 1.807) is 0 Å². The van der Waals surface area contributed by atoms with Gasteiger partial charge in [0.15, 0.2) is 17.4 Å². The predicted molar refractivity (Wildman–Crippen MR) is 187 cm³/mol. The molecule has 9 heteroatoms. The average Bonchev–Trinajstić information content (AvgIpc) is 3.57. The lowest BCUT2D eigenvalue weighted by Gasteiger charge is -2.71. The lowest BCUT2D eigenvalue weighted by Crippen LogP contribution is -2.67. The highest BCUT2D eigenvalue weighted by Gasteiger charge is 2.74. The Morgan fingerprint density at radius 1 is 0.920 bits per heavy atom. The molecule has 0 radical (unpaired) electrons. The van der Waals surface area contributed by atoms with E-state index >= 15 is 0 Å². The molecule has 2 aromatic carbocycles. The fourth-order valence-corrected chi connectivity index (χ4v) is 12.5. The number of aliphatic hydroxyl groups is 2. The number of fused-ring (bicyclic) bond motifs is 2. The van der Waals surface area contributed by atoms with Gasteiger partial charge < -0.3 is 20.1 Å². The van der Waals surface area contributed by atoms with Gasteiger partial charge in [-0.25, -0.2) is 13.6 Å². The van der Waals surface area contributed by atoms with Gasteiger partial charge in [0.05, 0.1) is 22.7 Å². The number of aliphatic hydroxyl groups excluding tert-OH is 1. The maximum Gasteiger partial charge on any atom is 0.326 e. The highest BCUT2D eigenvalue weighted by atomic mass is 19.2. The van der Waals surface area contributed by atoms with Crippen molar-refractivity contribution in [1.29, 1.82) is 0 Å². The van der Waals surface area contributed by atoms with Crippen LogP contribution in [0, 0.1) is 45.1 Å². The van der Waals surface area contributed by atoms with E-state index in [2.05, 4.69) is 42.0 Å². The van der Waals surface area contributed by atoms with E-state index in [1.165, 1.54) is 6.07 Å². The lowest BCUT2D eigenvalue weighted by atomic mass is 9.32. The van der Waals surface area contributed by atoms with Gasteiger partial charge in [-0.3, -0.25) is 9.36 Å². The first-order valence-electron chi connectivity index (χ1n) is 18.6. The Morgan fingerprint density at radius 3 is 2.42 bits per heavy atom. The van der Waals surface area contributed by atoms with E-state index in [0.717, 1.165) is 74.8 Å². The fraction of sp³-hybridized carbons (Fsp3) is 0.561. The number of imidazole rings is 1. The summed E-state index contributed by atoms with van der Waals surface area (Å²) in [5.41, 5.74) is -0.354. The number of benzene rings is 2. The zero-order valence-electron chi connectivity index (χ0n) is 28.9. The van der Waals surface area contributed by atoms with Crippen LogP contribution in [-0.4, -0.2) is 61.8 Å². The molecular formula is C41H47F2N3O4. The first-order chi connectivity index (χ1) is 23.8. The third-order valence-corrected chi connectivity index (χ3v) is 15.2. The number of H-pyrrole nitrogens is 1. The summed E-state index contributed by atoms with van der Waals surface area (Å²) >= 11 is 0. The molecule has 6 aliphatic carbocycles. The molecule has 3 saturated carbocycles. The van der Waals surface area contributed by atoms with Gasteiger partial charge in [-0.1, -0.05) is 44.2 Å². The molecular weight excluding hydrogens is 636 g/mol. The lowest BCUT2D eigenvalue weighted by molar-refractivity contribution is -0.176. The van der Waals surface area contributed by atoms with Crippen molar-refractivity contribution in [1.82, 2.24) is 14.5 Å². The number of aromatic nitrogens is 2. The molecule has 2 heterocycles. The van der Waals surface area contributed by atoms with Gasteiger partial charge >= 0.3 is 5.69 Å². The van der Waals surface area contributed by atoms with Gasteiger partial charge in [0.1, 0.15) is 0 Å². The number of allylic oxidation sites excluding steroid dienone is 4. The van der Waals surface area contributed by atoms with E-state index in [-0.39, 0.29) is 40.3 Å². The van der Waals surface area contributed by atoms with Crippen LogP contribution in [0.2, 0.25) is 0 Å². The summed E-state index contributed by atoms with van der Waals surface area (Å²) in [7, 11) is 0. The maximum atomic E-state index is 14.6. The van der Waals surface area contributed by atoms with Crippen molar-refractivity contribution in [3.63, 3.8) is 0 Å². The van der Waals surface area contributed by atoms with Crippen LogP contribution in [0.25, 0.3) is 11.0 Å². The van der Waals surface area contributed by atoms with Gasteiger partial charge in [-0.15, -0.1) is 0 Å². The SMILES string of the molecule is C[C@]12CC[C@H]3[C@]4(C=C[C@@]5(C=C4C(=O)c4ccc(F)c(F)c4)CC(O)CC[C@]35C)[C@@H]1CC[C@@]2(O)CN1CCC(n2c(=O)[nH]c3ccccc32)CC1. The van der Waals surface area contributed by atoms with Crippen LogP contribution in [0.3, 0.4) is 0 Å². The number of ketones is 1. The number of Topliss-reactive ketones (excluding diaryl/α,β-unsaturated/α-hetero) is 1. The molecule has 7 aliphatic rings. The number of β-amino-alcohol motifs (C(OH)–C–C–N with tert-alkyl or cyclic N) is 1. The third-order valence-electron chi connectivity index (χ3n) is 15.2. The van der Waals surface area contributed by atoms with E-state index in [4.69, 9.17) is 0 Å². The molecule has 10 rings (SSSR count). The number of carbonyl (C=O) groups is 1. The number of nitrogens with zero attached hydrogens (tertiary/aromatic N) is 2. The second kappa shape index (κ2) is 10.8. The molecule has 1 aliphatic heterocycles. The molecule has 2 bridgehead atoms. The normalized spacial score (nSPS) is 39.6. The molecule has 1 unspecified atom stereocenters. The van der Waals surface area contributed by atoms with Crippen LogP contribution in [0.4, 0.5) is 8.78 Å². The zero-order chi connectivity index (χ0) is 34.8. The number of para-hydroxylation sites is 2. The Morgan fingerprint density at radius 2 is 1.64 bits per heavy atom. The van der Waals surface area contributed by atoms with Gasteiger partial charge in [0.2, 0.25) is 0 Å². The summed E-state index contributed by atoms with van der Waals surface area (Å²) in [5, 5.41) is 23.8. The van der Waals surface area contributed by atoms with E-state index in [9.17, 15) is 28.6 Å². The number of hydrogen-bond acceptors (Lipinski definition) is 5. The molecule has 3 aromatic rings.